The number of carbonyl (C=O) groups excluding carboxylic acids is 1. The number of benzene rings is 1. The Morgan fingerprint density at radius 3 is 2.42 bits per heavy atom. The molecular formula is C15H24N2O2. The first-order valence-corrected chi connectivity index (χ1v) is 6.73. The minimum absolute atomic E-state index is 0.0205. The number of rotatable bonds is 7. The highest BCUT2D eigenvalue weighted by atomic mass is 16.3. The molecule has 4 heteroatoms. The van der Waals surface area contributed by atoms with Crippen LogP contribution in [-0.4, -0.2) is 43.3 Å². The van der Waals surface area contributed by atoms with Crippen molar-refractivity contribution in [3.63, 3.8) is 0 Å². The normalized spacial score (nSPS) is 12.2. The van der Waals surface area contributed by atoms with Gasteiger partial charge in [0.1, 0.15) is 0 Å². The van der Waals surface area contributed by atoms with Crippen molar-refractivity contribution in [3.8, 4) is 0 Å². The van der Waals surface area contributed by atoms with Crippen molar-refractivity contribution in [2.75, 3.05) is 27.4 Å². The SMILES string of the molecule is CCC(CCNCO)c1ccc(C(=O)N(C)C)cc1. The Hall–Kier alpha value is -1.39. The van der Waals surface area contributed by atoms with Gasteiger partial charge in [0.15, 0.2) is 0 Å². The molecule has 4 nitrogen and oxygen atoms in total. The second-order valence-corrected chi connectivity index (χ2v) is 4.87. The van der Waals surface area contributed by atoms with Crippen LogP contribution in [-0.2, 0) is 0 Å². The lowest BCUT2D eigenvalue weighted by atomic mass is 9.92. The average molecular weight is 264 g/mol. The average Bonchev–Trinajstić information content (AvgIpc) is 2.43. The fourth-order valence-corrected chi connectivity index (χ4v) is 2.12. The maximum absolute atomic E-state index is 11.8. The second-order valence-electron chi connectivity index (χ2n) is 4.87. The van der Waals surface area contributed by atoms with Crippen molar-refractivity contribution in [2.24, 2.45) is 0 Å². The summed E-state index contributed by atoms with van der Waals surface area (Å²) in [5, 5.41) is 11.6. The molecule has 1 aromatic carbocycles. The monoisotopic (exact) mass is 264 g/mol. The molecule has 0 aromatic heterocycles. The number of hydrogen-bond acceptors (Lipinski definition) is 3. The van der Waals surface area contributed by atoms with Crippen molar-refractivity contribution >= 4 is 5.91 Å². The van der Waals surface area contributed by atoms with E-state index in [2.05, 4.69) is 12.2 Å². The Kier molecular flexibility index (Phi) is 6.53. The summed E-state index contributed by atoms with van der Waals surface area (Å²) in [6, 6.07) is 7.84. The molecule has 0 saturated carbocycles. The van der Waals surface area contributed by atoms with Crippen LogP contribution < -0.4 is 5.32 Å². The summed E-state index contributed by atoms with van der Waals surface area (Å²) in [5.41, 5.74) is 1.97. The molecule has 0 fully saturated rings. The van der Waals surface area contributed by atoms with Crippen molar-refractivity contribution in [3.05, 3.63) is 35.4 Å². The van der Waals surface area contributed by atoms with Gasteiger partial charge in [-0.2, -0.15) is 0 Å². The van der Waals surface area contributed by atoms with E-state index in [1.807, 2.05) is 24.3 Å². The zero-order valence-electron chi connectivity index (χ0n) is 12.0. The highest BCUT2D eigenvalue weighted by Crippen LogP contribution is 2.23. The molecule has 1 rings (SSSR count). The zero-order chi connectivity index (χ0) is 14.3. The Balaban J connectivity index is 2.70. The van der Waals surface area contributed by atoms with Gasteiger partial charge in [0.05, 0.1) is 6.73 Å². The fraction of sp³-hybridized carbons (Fsp3) is 0.533. The molecule has 0 spiro atoms. The van der Waals surface area contributed by atoms with Crippen LogP contribution in [0.25, 0.3) is 0 Å². The lowest BCUT2D eigenvalue weighted by Crippen LogP contribution is -2.21. The van der Waals surface area contributed by atoms with E-state index in [0.717, 1.165) is 24.9 Å². The molecule has 1 amide bonds. The van der Waals surface area contributed by atoms with Crippen LogP contribution in [0.4, 0.5) is 0 Å². The van der Waals surface area contributed by atoms with E-state index in [1.54, 1.807) is 19.0 Å². The number of carbonyl (C=O) groups is 1. The van der Waals surface area contributed by atoms with Crippen molar-refractivity contribution in [2.45, 2.75) is 25.7 Å². The number of nitrogens with zero attached hydrogens (tertiary/aromatic N) is 1. The summed E-state index contributed by atoms with van der Waals surface area (Å²) >= 11 is 0. The van der Waals surface area contributed by atoms with Crippen LogP contribution in [0.5, 0.6) is 0 Å². The van der Waals surface area contributed by atoms with Crippen LogP contribution in [0.15, 0.2) is 24.3 Å². The molecule has 2 N–H and O–H groups in total. The molecule has 0 aliphatic heterocycles. The Morgan fingerprint density at radius 2 is 1.95 bits per heavy atom. The molecule has 1 atom stereocenters. The number of aliphatic hydroxyl groups is 1. The topological polar surface area (TPSA) is 52.6 Å². The van der Waals surface area contributed by atoms with E-state index in [0.29, 0.717) is 5.92 Å². The van der Waals surface area contributed by atoms with E-state index in [9.17, 15) is 4.79 Å². The highest BCUT2D eigenvalue weighted by molar-refractivity contribution is 5.93. The molecule has 0 bridgehead atoms. The van der Waals surface area contributed by atoms with Crippen LogP contribution in [0.1, 0.15) is 41.6 Å². The van der Waals surface area contributed by atoms with Crippen LogP contribution >= 0.6 is 0 Å². The first-order chi connectivity index (χ1) is 9.10. The first kappa shape index (κ1) is 15.7. The van der Waals surface area contributed by atoms with Crippen molar-refractivity contribution < 1.29 is 9.90 Å². The predicted molar refractivity (Wildman–Crippen MR) is 77.2 cm³/mol. The third kappa shape index (κ3) is 4.65. The van der Waals surface area contributed by atoms with Gasteiger partial charge in [-0.1, -0.05) is 19.1 Å². The summed E-state index contributed by atoms with van der Waals surface area (Å²) in [6.07, 6.45) is 2.03. The number of hydrogen-bond donors (Lipinski definition) is 2. The standard InChI is InChI=1S/C15H24N2O2/c1-4-12(9-10-16-11-18)13-5-7-14(8-6-13)15(19)17(2)3/h5-8,12,16,18H,4,9-11H2,1-3H3. The van der Waals surface area contributed by atoms with Gasteiger partial charge in [0.2, 0.25) is 0 Å². The number of nitrogens with one attached hydrogen (secondary N) is 1. The quantitative estimate of drug-likeness (QED) is 0.583. The fourth-order valence-electron chi connectivity index (χ4n) is 2.12. The summed E-state index contributed by atoms with van der Waals surface area (Å²) in [6.45, 7) is 2.97. The molecule has 0 radical (unpaired) electrons. The van der Waals surface area contributed by atoms with Crippen LogP contribution in [0.2, 0.25) is 0 Å². The second kappa shape index (κ2) is 7.92. The third-order valence-electron chi connectivity index (χ3n) is 3.31. The summed E-state index contributed by atoms with van der Waals surface area (Å²) in [4.78, 5) is 13.4. The van der Waals surface area contributed by atoms with Gasteiger partial charge >= 0.3 is 0 Å². The van der Waals surface area contributed by atoms with Gasteiger partial charge in [-0.05, 0) is 43.0 Å². The van der Waals surface area contributed by atoms with Gasteiger partial charge in [-0.3, -0.25) is 10.1 Å². The van der Waals surface area contributed by atoms with E-state index in [1.165, 1.54) is 5.56 Å². The van der Waals surface area contributed by atoms with Crippen LogP contribution in [0.3, 0.4) is 0 Å². The molecular weight excluding hydrogens is 240 g/mol. The smallest absolute Gasteiger partial charge is 0.253 e. The minimum Gasteiger partial charge on any atom is -0.381 e. The van der Waals surface area contributed by atoms with Crippen LogP contribution in [0, 0.1) is 0 Å². The minimum atomic E-state index is 0.0205. The van der Waals surface area contributed by atoms with Crippen molar-refractivity contribution in [1.29, 1.82) is 0 Å². The largest absolute Gasteiger partial charge is 0.381 e. The highest BCUT2D eigenvalue weighted by Gasteiger charge is 2.11. The maximum atomic E-state index is 11.8. The zero-order valence-corrected chi connectivity index (χ0v) is 12.0. The summed E-state index contributed by atoms with van der Waals surface area (Å²) in [7, 11) is 3.51. The molecule has 19 heavy (non-hydrogen) atoms. The Morgan fingerprint density at radius 1 is 1.32 bits per heavy atom. The molecule has 106 valence electrons. The molecule has 1 unspecified atom stereocenters. The van der Waals surface area contributed by atoms with E-state index >= 15 is 0 Å². The van der Waals surface area contributed by atoms with E-state index < -0.39 is 0 Å². The van der Waals surface area contributed by atoms with Gasteiger partial charge in [0.25, 0.3) is 5.91 Å². The molecule has 0 saturated heterocycles. The van der Waals surface area contributed by atoms with Gasteiger partial charge in [0, 0.05) is 19.7 Å². The Labute approximate surface area is 115 Å². The number of aliphatic hydroxyl groups excluding tert-OH is 1. The molecule has 0 heterocycles. The molecule has 1 aromatic rings. The summed E-state index contributed by atoms with van der Waals surface area (Å²) < 4.78 is 0. The molecule has 0 aliphatic rings. The first-order valence-electron chi connectivity index (χ1n) is 6.73. The van der Waals surface area contributed by atoms with Gasteiger partial charge < -0.3 is 10.0 Å². The number of amides is 1. The van der Waals surface area contributed by atoms with E-state index in [4.69, 9.17) is 5.11 Å². The Bertz CT molecular complexity index is 388. The summed E-state index contributed by atoms with van der Waals surface area (Å²) in [5.74, 6) is 0.490. The van der Waals surface area contributed by atoms with Gasteiger partial charge in [-0.15, -0.1) is 0 Å². The van der Waals surface area contributed by atoms with Gasteiger partial charge in [-0.25, -0.2) is 0 Å². The lowest BCUT2D eigenvalue weighted by Gasteiger charge is -2.16. The van der Waals surface area contributed by atoms with Crippen molar-refractivity contribution in [1.82, 2.24) is 10.2 Å². The molecule has 0 aliphatic carbocycles. The third-order valence-corrected chi connectivity index (χ3v) is 3.31. The predicted octanol–water partition coefficient (Wildman–Crippen LogP) is 1.81. The van der Waals surface area contributed by atoms with E-state index in [-0.39, 0.29) is 12.6 Å². The maximum Gasteiger partial charge on any atom is 0.253 e. The lowest BCUT2D eigenvalue weighted by molar-refractivity contribution is 0.0827.